The molecule has 14 rings (SSSR count). The van der Waals surface area contributed by atoms with Gasteiger partial charge in [-0.2, -0.15) is 0 Å². The fourth-order valence-corrected chi connectivity index (χ4v) is 12.6. The first-order valence-electron chi connectivity index (χ1n) is 23.4. The van der Waals surface area contributed by atoms with Crippen molar-refractivity contribution in [3.8, 4) is 44.5 Å². The third kappa shape index (κ3) is 5.14. The molecule has 0 N–H and O–H groups in total. The number of para-hydroxylation sites is 1. The van der Waals surface area contributed by atoms with Crippen LogP contribution in [-0.2, 0) is 10.8 Å². The van der Waals surface area contributed by atoms with Crippen LogP contribution < -0.4 is 4.90 Å². The van der Waals surface area contributed by atoms with E-state index in [9.17, 15) is 0 Å². The SMILES string of the molecule is c1ccc(-c2cccc3c2-c2ccc(N(c4ccccc4)c4ccc5c(c4)C(c4ccccc4)(c4ccccc4)c4ccccc4-5)cc2C32c3ccccc3-c3cccc4cccc2c34)cc1. The van der Waals surface area contributed by atoms with E-state index >= 15 is 0 Å². The van der Waals surface area contributed by atoms with Crippen molar-refractivity contribution in [2.45, 2.75) is 10.8 Å². The van der Waals surface area contributed by atoms with E-state index < -0.39 is 10.8 Å². The lowest BCUT2D eigenvalue weighted by molar-refractivity contribution is 0.768. The lowest BCUT2D eigenvalue weighted by atomic mass is 9.61. The predicted molar refractivity (Wildman–Crippen MR) is 278 cm³/mol. The number of hydrogen-bond donors (Lipinski definition) is 0. The second kappa shape index (κ2) is 14.5. The van der Waals surface area contributed by atoms with Crippen LogP contribution in [0, 0.1) is 0 Å². The maximum Gasteiger partial charge on any atom is 0.0726 e. The minimum Gasteiger partial charge on any atom is -0.310 e. The van der Waals surface area contributed by atoms with Crippen molar-refractivity contribution >= 4 is 27.8 Å². The van der Waals surface area contributed by atoms with Gasteiger partial charge in [-0.25, -0.2) is 0 Å². The van der Waals surface area contributed by atoms with Gasteiger partial charge in [0.15, 0.2) is 0 Å². The summed E-state index contributed by atoms with van der Waals surface area (Å²) in [5.41, 5.74) is 22.8. The molecule has 0 heterocycles. The first kappa shape index (κ1) is 37.8. The second-order valence-electron chi connectivity index (χ2n) is 18.3. The monoisotopic (exact) mass is 849 g/mol. The zero-order chi connectivity index (χ0) is 44.1. The van der Waals surface area contributed by atoms with Gasteiger partial charge in [0.25, 0.3) is 0 Å². The predicted octanol–water partition coefficient (Wildman–Crippen LogP) is 16.7. The number of nitrogens with zero attached hydrogens (tertiary/aromatic N) is 1. The maximum absolute atomic E-state index is 2.53. The molecule has 1 atom stereocenters. The largest absolute Gasteiger partial charge is 0.310 e. The smallest absolute Gasteiger partial charge is 0.0726 e. The van der Waals surface area contributed by atoms with Gasteiger partial charge in [-0.3, -0.25) is 0 Å². The fourth-order valence-electron chi connectivity index (χ4n) is 12.6. The topological polar surface area (TPSA) is 3.24 Å². The van der Waals surface area contributed by atoms with Crippen LogP contribution in [0.15, 0.2) is 261 Å². The molecule has 1 spiro atoms. The molecule has 11 aromatic carbocycles. The normalized spacial score (nSPS) is 15.3. The second-order valence-corrected chi connectivity index (χ2v) is 18.3. The Morgan fingerprint density at radius 2 is 0.701 bits per heavy atom. The molecule has 67 heavy (non-hydrogen) atoms. The summed E-state index contributed by atoms with van der Waals surface area (Å²) in [6.07, 6.45) is 0. The van der Waals surface area contributed by atoms with E-state index in [0.29, 0.717) is 0 Å². The Morgan fingerprint density at radius 3 is 1.37 bits per heavy atom. The van der Waals surface area contributed by atoms with E-state index in [2.05, 4.69) is 266 Å². The van der Waals surface area contributed by atoms with Gasteiger partial charge in [-0.05, 0) is 136 Å². The first-order chi connectivity index (χ1) is 33.3. The van der Waals surface area contributed by atoms with Crippen LogP contribution in [0.1, 0.15) is 44.5 Å². The fraction of sp³-hybridized carbons (Fsp3) is 0.0303. The summed E-state index contributed by atoms with van der Waals surface area (Å²) >= 11 is 0. The van der Waals surface area contributed by atoms with Crippen molar-refractivity contribution in [3.63, 3.8) is 0 Å². The molecule has 0 bridgehead atoms. The zero-order valence-electron chi connectivity index (χ0n) is 36.8. The summed E-state index contributed by atoms with van der Waals surface area (Å²) < 4.78 is 0. The number of fused-ring (bicyclic) bond motifs is 12. The molecule has 0 fully saturated rings. The van der Waals surface area contributed by atoms with E-state index in [0.717, 1.165) is 17.1 Å². The molecule has 1 heteroatoms. The Kier molecular flexibility index (Phi) is 8.18. The van der Waals surface area contributed by atoms with Crippen LogP contribution in [0.2, 0.25) is 0 Å². The molecule has 0 aliphatic heterocycles. The Hall–Kier alpha value is -8.52. The van der Waals surface area contributed by atoms with Gasteiger partial charge >= 0.3 is 0 Å². The van der Waals surface area contributed by atoms with E-state index in [-0.39, 0.29) is 0 Å². The van der Waals surface area contributed by atoms with Gasteiger partial charge in [-0.15, -0.1) is 0 Å². The average Bonchev–Trinajstić information content (AvgIpc) is 3.87. The Labute approximate surface area is 391 Å². The maximum atomic E-state index is 2.53. The minimum absolute atomic E-state index is 0.526. The van der Waals surface area contributed by atoms with Crippen LogP contribution in [0.5, 0.6) is 0 Å². The van der Waals surface area contributed by atoms with Crippen molar-refractivity contribution < 1.29 is 0 Å². The van der Waals surface area contributed by atoms with Crippen LogP contribution >= 0.6 is 0 Å². The third-order valence-corrected chi connectivity index (χ3v) is 15.1. The summed E-state index contributed by atoms with van der Waals surface area (Å²) in [5, 5.41) is 2.59. The molecule has 11 aromatic rings. The molecule has 0 saturated carbocycles. The van der Waals surface area contributed by atoms with E-state index in [1.165, 1.54) is 99.8 Å². The molecule has 1 unspecified atom stereocenters. The van der Waals surface area contributed by atoms with Gasteiger partial charge in [0.2, 0.25) is 0 Å². The van der Waals surface area contributed by atoms with Crippen molar-refractivity contribution in [1.29, 1.82) is 0 Å². The molecule has 312 valence electrons. The van der Waals surface area contributed by atoms with Crippen LogP contribution in [0.3, 0.4) is 0 Å². The highest BCUT2D eigenvalue weighted by molar-refractivity contribution is 6.08. The quantitative estimate of drug-likeness (QED) is 0.161. The highest BCUT2D eigenvalue weighted by atomic mass is 15.1. The number of hydrogen-bond acceptors (Lipinski definition) is 1. The number of anilines is 3. The highest BCUT2D eigenvalue weighted by Crippen LogP contribution is 2.64. The van der Waals surface area contributed by atoms with Crippen LogP contribution in [0.4, 0.5) is 17.1 Å². The lowest BCUT2D eigenvalue weighted by Crippen LogP contribution is -2.32. The molecule has 0 amide bonds. The summed E-state index contributed by atoms with van der Waals surface area (Å²) in [7, 11) is 0. The van der Waals surface area contributed by atoms with Gasteiger partial charge < -0.3 is 4.90 Å². The average molecular weight is 850 g/mol. The first-order valence-corrected chi connectivity index (χ1v) is 23.4. The molecular weight excluding hydrogens is 807 g/mol. The number of rotatable bonds is 6. The van der Waals surface area contributed by atoms with Crippen molar-refractivity contribution in [3.05, 3.63) is 305 Å². The molecule has 0 radical (unpaired) electrons. The van der Waals surface area contributed by atoms with E-state index in [1.807, 2.05) is 0 Å². The van der Waals surface area contributed by atoms with Gasteiger partial charge in [0.1, 0.15) is 0 Å². The Morgan fingerprint density at radius 1 is 0.254 bits per heavy atom. The summed E-state index contributed by atoms with van der Waals surface area (Å²) in [4.78, 5) is 2.49. The van der Waals surface area contributed by atoms with Gasteiger partial charge in [0, 0.05) is 17.1 Å². The Balaban J connectivity index is 1.07. The minimum atomic E-state index is -0.590. The third-order valence-electron chi connectivity index (χ3n) is 15.1. The highest BCUT2D eigenvalue weighted by Gasteiger charge is 2.51. The molecule has 3 aliphatic rings. The number of benzene rings is 11. The summed E-state index contributed by atoms with van der Waals surface area (Å²) in [6.45, 7) is 0. The van der Waals surface area contributed by atoms with Crippen molar-refractivity contribution in [1.82, 2.24) is 0 Å². The standard InChI is InChI=1S/C66H43N/c1-5-20-44(21-6-1)51-32-19-37-60-64(51)56-41-39-50(43-62(56)66(60)58-35-16-14-31-53(58)55-33-17-22-45-23-18-36-59(66)63(45)55)67(48-28-11-4-12-29-48)49-38-40-54-52-30-13-15-34-57(52)65(61(54)42-49,46-24-7-2-8-25-46)47-26-9-3-10-27-47/h1-43H. The molecule has 3 aliphatic carbocycles. The molecule has 1 nitrogen and oxygen atoms in total. The van der Waals surface area contributed by atoms with Crippen molar-refractivity contribution in [2.75, 3.05) is 4.90 Å². The molecule has 0 aromatic heterocycles. The summed E-state index contributed by atoms with van der Waals surface area (Å²) in [5.74, 6) is 0. The molecular formula is C66H43N. The summed E-state index contributed by atoms with van der Waals surface area (Å²) in [6, 6.07) is 97.6. The van der Waals surface area contributed by atoms with Crippen LogP contribution in [0.25, 0.3) is 55.3 Å². The van der Waals surface area contributed by atoms with Gasteiger partial charge in [-0.1, -0.05) is 224 Å². The molecule has 0 saturated heterocycles. The van der Waals surface area contributed by atoms with Crippen LogP contribution in [-0.4, -0.2) is 0 Å². The van der Waals surface area contributed by atoms with E-state index in [1.54, 1.807) is 0 Å². The lowest BCUT2D eigenvalue weighted by Gasteiger charge is -2.40. The van der Waals surface area contributed by atoms with Gasteiger partial charge in [0.05, 0.1) is 10.8 Å². The van der Waals surface area contributed by atoms with E-state index in [4.69, 9.17) is 0 Å². The Bertz CT molecular complexity index is 3700. The zero-order valence-corrected chi connectivity index (χ0v) is 36.8. The van der Waals surface area contributed by atoms with Crippen molar-refractivity contribution in [2.24, 2.45) is 0 Å².